The van der Waals surface area contributed by atoms with Crippen LogP contribution in [0.3, 0.4) is 0 Å². The van der Waals surface area contributed by atoms with Crippen LogP contribution in [0, 0.1) is 5.41 Å². The lowest BCUT2D eigenvalue weighted by atomic mass is 9.75. The number of anilines is 1. The Hall–Kier alpha value is -3.06. The molecule has 1 aliphatic rings. The number of unbranched alkanes of at least 4 members (excludes halogenated alkanes) is 2. The van der Waals surface area contributed by atoms with Gasteiger partial charge >= 0.3 is 0 Å². The van der Waals surface area contributed by atoms with Gasteiger partial charge in [-0.25, -0.2) is 0 Å². The van der Waals surface area contributed by atoms with E-state index in [1.54, 1.807) is 21.3 Å². The Morgan fingerprint density at radius 3 is 2.49 bits per heavy atom. The number of carbonyl (C=O) groups is 1. The summed E-state index contributed by atoms with van der Waals surface area (Å²) in [5, 5.41) is 14.0. The molecular formula is C32H47N3O4. The van der Waals surface area contributed by atoms with Crippen molar-refractivity contribution in [3.8, 4) is 11.5 Å². The van der Waals surface area contributed by atoms with Crippen molar-refractivity contribution in [2.24, 2.45) is 16.1 Å². The average Bonchev–Trinajstić information content (AvgIpc) is 3.39. The maximum absolute atomic E-state index is 12.7. The maximum atomic E-state index is 12.7. The highest BCUT2D eigenvalue weighted by atomic mass is 16.5. The molecule has 0 saturated heterocycles. The Morgan fingerprint density at radius 2 is 1.77 bits per heavy atom. The van der Waals surface area contributed by atoms with Crippen LogP contribution in [0.5, 0.6) is 11.5 Å². The molecule has 0 radical (unpaired) electrons. The summed E-state index contributed by atoms with van der Waals surface area (Å²) in [5.41, 5.74) is 9.26. The van der Waals surface area contributed by atoms with E-state index >= 15 is 0 Å². The van der Waals surface area contributed by atoms with Gasteiger partial charge < -0.3 is 25.6 Å². The molecule has 0 heterocycles. The minimum Gasteiger partial charge on any atom is -0.493 e. The van der Waals surface area contributed by atoms with E-state index < -0.39 is 6.10 Å². The highest BCUT2D eigenvalue weighted by Gasteiger charge is 2.35. The van der Waals surface area contributed by atoms with Crippen molar-refractivity contribution < 1.29 is 19.4 Å². The lowest BCUT2D eigenvalue weighted by Crippen LogP contribution is -2.26. The molecule has 0 spiro atoms. The van der Waals surface area contributed by atoms with Gasteiger partial charge in [-0.2, -0.15) is 0 Å². The summed E-state index contributed by atoms with van der Waals surface area (Å²) in [6, 6.07) is 14.1. The predicted octanol–water partition coefficient (Wildman–Crippen LogP) is 6.07. The number of nitrogens with one attached hydrogen (secondary N) is 1. The molecule has 0 unspecified atom stereocenters. The van der Waals surface area contributed by atoms with Gasteiger partial charge in [-0.1, -0.05) is 43.9 Å². The Labute approximate surface area is 234 Å². The number of guanidine groups is 1. The number of benzene rings is 2. The van der Waals surface area contributed by atoms with Crippen molar-refractivity contribution >= 4 is 17.4 Å². The fourth-order valence-corrected chi connectivity index (χ4v) is 5.95. The Morgan fingerprint density at radius 1 is 1.03 bits per heavy atom. The largest absolute Gasteiger partial charge is 0.493 e. The van der Waals surface area contributed by atoms with Gasteiger partial charge in [0, 0.05) is 25.6 Å². The van der Waals surface area contributed by atoms with Crippen LogP contribution in [0.15, 0.2) is 47.5 Å². The smallest absolute Gasteiger partial charge is 0.192 e. The SMILES string of the molecule is CN=C(N)Nc1cccc(CCCCCC2(C[C@H](O)CC(=O)CCc3ccc(OC)c(OC)c3)CCCC2)c1. The van der Waals surface area contributed by atoms with E-state index in [9.17, 15) is 9.90 Å². The number of nitrogens with two attached hydrogens (primary N) is 1. The minimum absolute atomic E-state index is 0.120. The second-order valence-corrected chi connectivity index (χ2v) is 11.0. The highest BCUT2D eigenvalue weighted by molar-refractivity contribution is 5.92. The molecule has 39 heavy (non-hydrogen) atoms. The molecule has 0 aromatic heterocycles. The van der Waals surface area contributed by atoms with Crippen molar-refractivity contribution in [3.05, 3.63) is 53.6 Å². The number of ether oxygens (including phenoxy) is 2. The second-order valence-electron chi connectivity index (χ2n) is 11.0. The third-order valence-electron chi connectivity index (χ3n) is 8.05. The van der Waals surface area contributed by atoms with Crippen molar-refractivity contribution in [2.75, 3.05) is 26.6 Å². The van der Waals surface area contributed by atoms with Gasteiger partial charge in [0.05, 0.1) is 20.3 Å². The Balaban J connectivity index is 1.40. The van der Waals surface area contributed by atoms with E-state index in [1.807, 2.05) is 30.3 Å². The number of Topliss-reactive ketones (excluding diaryl/α,β-unsaturated/α-hetero) is 1. The molecule has 3 rings (SSSR count). The van der Waals surface area contributed by atoms with Gasteiger partial charge in [0.25, 0.3) is 0 Å². The number of ketones is 1. The summed E-state index contributed by atoms with van der Waals surface area (Å²) >= 11 is 0. The van der Waals surface area contributed by atoms with Crippen LogP contribution in [0.25, 0.3) is 0 Å². The molecule has 214 valence electrons. The summed E-state index contributed by atoms with van der Waals surface area (Å²) in [7, 11) is 4.89. The number of aryl methyl sites for hydroxylation is 2. The molecule has 7 nitrogen and oxygen atoms in total. The molecule has 0 bridgehead atoms. The van der Waals surface area contributed by atoms with Crippen LogP contribution in [0.4, 0.5) is 5.69 Å². The molecule has 7 heteroatoms. The quantitative estimate of drug-likeness (QED) is 0.136. The number of aliphatic imine (C=N–C) groups is 1. The number of aliphatic hydroxyl groups excluding tert-OH is 1. The zero-order valence-corrected chi connectivity index (χ0v) is 24.0. The van der Waals surface area contributed by atoms with E-state index in [4.69, 9.17) is 15.2 Å². The number of hydrogen-bond acceptors (Lipinski definition) is 5. The van der Waals surface area contributed by atoms with Gasteiger partial charge in [-0.05, 0) is 85.8 Å². The number of hydrogen-bond donors (Lipinski definition) is 3. The van der Waals surface area contributed by atoms with E-state index in [0.29, 0.717) is 30.3 Å². The third kappa shape index (κ3) is 9.88. The summed E-state index contributed by atoms with van der Waals surface area (Å²) in [5.74, 6) is 1.88. The Kier molecular flexibility index (Phi) is 12.1. The van der Waals surface area contributed by atoms with E-state index in [0.717, 1.165) is 62.6 Å². The average molecular weight is 538 g/mol. The fourth-order valence-electron chi connectivity index (χ4n) is 5.95. The fraction of sp³-hybridized carbons (Fsp3) is 0.562. The van der Waals surface area contributed by atoms with Crippen molar-refractivity contribution in [3.63, 3.8) is 0 Å². The summed E-state index contributed by atoms with van der Waals surface area (Å²) in [6.45, 7) is 0. The number of methoxy groups -OCH3 is 2. The lowest BCUT2D eigenvalue weighted by molar-refractivity contribution is -0.121. The lowest BCUT2D eigenvalue weighted by Gasteiger charge is -2.31. The number of carbonyl (C=O) groups excluding carboxylic acids is 1. The molecule has 1 saturated carbocycles. The summed E-state index contributed by atoms with van der Waals surface area (Å²) < 4.78 is 10.7. The third-order valence-corrected chi connectivity index (χ3v) is 8.05. The monoisotopic (exact) mass is 537 g/mol. The van der Waals surface area contributed by atoms with Crippen LogP contribution in [-0.2, 0) is 17.6 Å². The zero-order chi connectivity index (χ0) is 28.1. The first-order valence-corrected chi connectivity index (χ1v) is 14.4. The first-order valence-electron chi connectivity index (χ1n) is 14.4. The van der Waals surface area contributed by atoms with Crippen molar-refractivity contribution in [1.82, 2.24) is 0 Å². The highest BCUT2D eigenvalue weighted by Crippen LogP contribution is 2.46. The van der Waals surface area contributed by atoms with Crippen LogP contribution < -0.4 is 20.5 Å². The van der Waals surface area contributed by atoms with Gasteiger partial charge in [-0.3, -0.25) is 9.79 Å². The first kappa shape index (κ1) is 30.5. The molecule has 2 aromatic carbocycles. The molecule has 4 N–H and O–H groups in total. The van der Waals surface area contributed by atoms with Gasteiger partial charge in [-0.15, -0.1) is 0 Å². The van der Waals surface area contributed by atoms with Crippen LogP contribution >= 0.6 is 0 Å². The van der Waals surface area contributed by atoms with E-state index in [-0.39, 0.29) is 17.6 Å². The van der Waals surface area contributed by atoms with Crippen molar-refractivity contribution in [1.29, 1.82) is 0 Å². The van der Waals surface area contributed by atoms with Gasteiger partial charge in [0.2, 0.25) is 0 Å². The topological polar surface area (TPSA) is 106 Å². The summed E-state index contributed by atoms with van der Waals surface area (Å²) in [4.78, 5) is 16.6. The van der Waals surface area contributed by atoms with Crippen molar-refractivity contribution in [2.45, 2.75) is 89.6 Å². The standard InChI is InChI=1S/C32H47N3O4/c1-34-31(33)35-26-12-9-11-24(20-26)10-5-4-6-17-32(18-7-8-19-32)23-28(37)22-27(36)15-13-25-14-16-29(38-2)30(21-25)39-3/h9,11-12,14,16,20-21,28,37H,4-8,10,13,15,17-19,22-23H2,1-3H3,(H3,33,34,35)/t28-/m1/s1. The maximum Gasteiger partial charge on any atom is 0.192 e. The normalized spacial score (nSPS) is 15.6. The number of nitrogens with zero attached hydrogens (tertiary/aromatic N) is 1. The van der Waals surface area contributed by atoms with Crippen LogP contribution in [-0.4, -0.2) is 44.2 Å². The zero-order valence-electron chi connectivity index (χ0n) is 24.0. The molecule has 1 fully saturated rings. The molecule has 1 atom stereocenters. The predicted molar refractivity (Wildman–Crippen MR) is 159 cm³/mol. The van der Waals surface area contributed by atoms with Gasteiger partial charge in [0.1, 0.15) is 5.78 Å². The summed E-state index contributed by atoms with van der Waals surface area (Å²) in [6.07, 6.45) is 11.9. The molecular weight excluding hydrogens is 490 g/mol. The Bertz CT molecular complexity index is 1080. The molecule has 2 aromatic rings. The molecule has 1 aliphatic carbocycles. The van der Waals surface area contributed by atoms with E-state index in [2.05, 4.69) is 22.4 Å². The second kappa shape index (κ2) is 15.5. The van der Waals surface area contributed by atoms with E-state index in [1.165, 1.54) is 18.4 Å². The van der Waals surface area contributed by atoms with Gasteiger partial charge in [0.15, 0.2) is 17.5 Å². The van der Waals surface area contributed by atoms with Crippen LogP contribution in [0.2, 0.25) is 0 Å². The number of rotatable bonds is 16. The van der Waals surface area contributed by atoms with Crippen LogP contribution in [0.1, 0.15) is 81.8 Å². The number of aliphatic hydroxyl groups is 1. The first-order chi connectivity index (χ1) is 18.9. The minimum atomic E-state index is -0.560. The molecule has 0 aliphatic heterocycles. The molecule has 0 amide bonds.